The molecule has 4 aromatic rings. The van der Waals surface area contributed by atoms with Crippen LogP contribution in [-0.4, -0.2) is 64.2 Å². The summed E-state index contributed by atoms with van der Waals surface area (Å²) in [6.07, 6.45) is 0.858. The maximum absolute atomic E-state index is 12.3. The number of carbonyl (C=O) groups excluding carboxylic acids is 1. The van der Waals surface area contributed by atoms with Gasteiger partial charge in [-0.3, -0.25) is 14.4 Å². The average Bonchev–Trinajstić information content (AvgIpc) is 2.92. The number of aromatic nitrogens is 4. The molecule has 0 unspecified atom stereocenters. The quantitative estimate of drug-likeness (QED) is 0.136. The second-order valence-corrected chi connectivity index (χ2v) is 8.20. The van der Waals surface area contributed by atoms with Gasteiger partial charge in [0.2, 0.25) is 5.95 Å². The van der Waals surface area contributed by atoms with Crippen LogP contribution in [0.1, 0.15) is 28.9 Å². The minimum Gasteiger partial charge on any atom is -0.504 e. The van der Waals surface area contributed by atoms with Crippen LogP contribution in [0.15, 0.2) is 59.5 Å². The number of phenolic OH excluding ortho intramolecular Hbond substituents is 2. The van der Waals surface area contributed by atoms with E-state index in [1.165, 1.54) is 30.5 Å². The number of aromatic amines is 1. The van der Waals surface area contributed by atoms with E-state index in [4.69, 9.17) is 26.2 Å². The zero-order valence-electron chi connectivity index (χ0n) is 20.7. The second kappa shape index (κ2) is 13.2. The molecule has 4 rings (SSSR count). The third-order valence-corrected chi connectivity index (χ3v) is 5.25. The van der Waals surface area contributed by atoms with Gasteiger partial charge in [0.25, 0.3) is 5.91 Å². The fourth-order valence-electron chi connectivity index (χ4n) is 3.23. The largest absolute Gasteiger partial charge is 0.504 e. The molecule has 2 aromatic carbocycles. The Balaban J connectivity index is 0.000000472. The van der Waals surface area contributed by atoms with Crippen LogP contribution in [0.4, 0.5) is 11.6 Å². The fourth-order valence-corrected chi connectivity index (χ4v) is 3.23. The Bertz CT molecular complexity index is 1550. The number of nitrogens with zero attached hydrogens (tertiary/aromatic N) is 3. The van der Waals surface area contributed by atoms with Crippen molar-refractivity contribution < 1.29 is 34.8 Å². The number of carbonyl (C=O) groups is 3. The Hall–Kier alpha value is -5.73. The molecule has 1 amide bonds. The van der Waals surface area contributed by atoms with Gasteiger partial charge in [0.05, 0.1) is 18.4 Å². The Morgan fingerprint density at radius 3 is 2.20 bits per heavy atom. The molecule has 0 saturated heterocycles. The summed E-state index contributed by atoms with van der Waals surface area (Å²) in [7, 11) is 0. The first kappa shape index (κ1) is 28.8. The summed E-state index contributed by atoms with van der Waals surface area (Å²) in [6.45, 7) is 0.231. The number of hydrogen-bond donors (Lipinski definition) is 8. The van der Waals surface area contributed by atoms with Gasteiger partial charge in [-0.05, 0) is 42.8 Å². The van der Waals surface area contributed by atoms with Crippen molar-refractivity contribution in [3.63, 3.8) is 0 Å². The van der Waals surface area contributed by atoms with Gasteiger partial charge in [0.1, 0.15) is 6.04 Å². The van der Waals surface area contributed by atoms with E-state index in [2.05, 4.69) is 30.6 Å². The number of fused-ring (bicyclic) bond motifs is 1. The molecule has 15 nitrogen and oxygen atoms in total. The molecule has 208 valence electrons. The lowest BCUT2D eigenvalue weighted by Crippen LogP contribution is -2.41. The highest BCUT2D eigenvalue weighted by atomic mass is 16.4. The maximum atomic E-state index is 12.3. The summed E-state index contributed by atoms with van der Waals surface area (Å²) in [5.74, 6) is -3.31. The maximum Gasteiger partial charge on any atom is 0.326 e. The number of nitrogens with two attached hydrogens (primary N) is 1. The first-order valence-corrected chi connectivity index (χ1v) is 11.6. The Morgan fingerprint density at radius 2 is 1.62 bits per heavy atom. The van der Waals surface area contributed by atoms with Crippen LogP contribution in [0.25, 0.3) is 11.2 Å². The van der Waals surface area contributed by atoms with Gasteiger partial charge >= 0.3 is 17.5 Å². The molecule has 9 N–H and O–H groups in total. The number of carboxylic acids is 2. The minimum atomic E-state index is -1.31. The number of rotatable bonds is 9. The summed E-state index contributed by atoms with van der Waals surface area (Å²) >= 11 is 0. The van der Waals surface area contributed by atoms with Crippen molar-refractivity contribution in [3.8, 4) is 11.5 Å². The molecular formula is C25H25N7O8. The number of H-pyrrole nitrogens is 1. The monoisotopic (exact) mass is 551 g/mol. The number of benzene rings is 2. The van der Waals surface area contributed by atoms with E-state index in [0.29, 0.717) is 11.4 Å². The number of aromatic hydroxyl groups is 2. The van der Waals surface area contributed by atoms with Crippen molar-refractivity contribution in [2.45, 2.75) is 25.4 Å². The summed E-state index contributed by atoms with van der Waals surface area (Å²) in [5.41, 5.74) is 6.47. The van der Waals surface area contributed by atoms with Crippen molar-refractivity contribution in [2.24, 2.45) is 0 Å². The molecule has 0 bridgehead atoms. The lowest BCUT2D eigenvalue weighted by atomic mass is 10.1. The van der Waals surface area contributed by atoms with Crippen molar-refractivity contribution in [3.05, 3.63) is 76.3 Å². The number of carboxylic acid groups (broad SMARTS) is 2. The SMILES string of the molecule is Nc1nc(=O)c2nc(CNc3ccc(C(=O)N[C@@H](CCC(=O)O)C(=O)O)cc3)cnc2[nH]1.Oc1ccccc1O. The highest BCUT2D eigenvalue weighted by Crippen LogP contribution is 2.21. The van der Waals surface area contributed by atoms with E-state index < -0.39 is 29.4 Å². The number of aliphatic carboxylic acids is 2. The van der Waals surface area contributed by atoms with E-state index in [9.17, 15) is 19.2 Å². The molecule has 0 saturated carbocycles. The van der Waals surface area contributed by atoms with Gasteiger partial charge in [0, 0.05) is 17.7 Å². The molecule has 15 heteroatoms. The molecule has 2 heterocycles. The van der Waals surface area contributed by atoms with E-state index in [0.717, 1.165) is 0 Å². The minimum absolute atomic E-state index is 0.0524. The Kier molecular flexibility index (Phi) is 9.50. The molecule has 0 spiro atoms. The van der Waals surface area contributed by atoms with Crippen molar-refractivity contribution in [1.82, 2.24) is 25.3 Å². The van der Waals surface area contributed by atoms with E-state index in [1.807, 2.05) is 0 Å². The first-order chi connectivity index (χ1) is 19.0. The van der Waals surface area contributed by atoms with Crippen molar-refractivity contribution in [1.29, 1.82) is 0 Å². The van der Waals surface area contributed by atoms with Crippen molar-refractivity contribution in [2.75, 3.05) is 11.1 Å². The number of amides is 1. The van der Waals surface area contributed by atoms with Crippen molar-refractivity contribution >= 4 is 40.6 Å². The highest BCUT2D eigenvalue weighted by molar-refractivity contribution is 5.96. The fraction of sp³-hybridized carbons (Fsp3) is 0.160. The summed E-state index contributed by atoms with van der Waals surface area (Å²) < 4.78 is 0. The molecule has 2 aromatic heterocycles. The number of hydrogen-bond acceptors (Lipinski definition) is 11. The standard InChI is InChI=1S/C19H19N7O6.C6H6O2/c20-19-25-15-14(17(30)26-19)23-11(8-22-15)7-21-10-3-1-9(2-4-10)16(29)24-12(18(31)32)5-6-13(27)28;7-5-3-1-2-4-6(5)8/h1-4,8,12,21H,5-7H2,(H,24,29)(H,27,28)(H,31,32)(H3,20,22,25,26,30);1-4,7-8H/t12-;/m0./s1. The predicted octanol–water partition coefficient (Wildman–Crippen LogP) is 1.05. The third-order valence-electron chi connectivity index (χ3n) is 5.25. The third kappa shape index (κ3) is 8.14. The summed E-state index contributed by atoms with van der Waals surface area (Å²) in [6, 6.07) is 11.0. The average molecular weight is 552 g/mol. The van der Waals surface area contributed by atoms with Crippen LogP contribution >= 0.6 is 0 Å². The number of nitrogen functional groups attached to an aromatic ring is 1. The van der Waals surface area contributed by atoms with E-state index in [1.54, 1.807) is 24.3 Å². The molecule has 0 aliphatic heterocycles. The molecule has 1 atom stereocenters. The van der Waals surface area contributed by atoms with Gasteiger partial charge in [-0.2, -0.15) is 4.98 Å². The number of phenols is 2. The first-order valence-electron chi connectivity index (χ1n) is 11.6. The topological polar surface area (TPSA) is 254 Å². The second-order valence-electron chi connectivity index (χ2n) is 8.20. The number of anilines is 2. The van der Waals surface area contributed by atoms with Crippen LogP contribution in [0, 0.1) is 0 Å². The van der Waals surface area contributed by atoms with Crippen LogP contribution in [-0.2, 0) is 16.1 Å². The van der Waals surface area contributed by atoms with Gasteiger partial charge in [0.15, 0.2) is 22.7 Å². The molecular weight excluding hydrogens is 526 g/mol. The molecule has 0 aliphatic carbocycles. The lowest BCUT2D eigenvalue weighted by Gasteiger charge is -2.14. The van der Waals surface area contributed by atoms with Gasteiger partial charge in [-0.15, -0.1) is 0 Å². The van der Waals surface area contributed by atoms with Crippen LogP contribution in [0.3, 0.4) is 0 Å². The number of nitrogens with one attached hydrogen (secondary N) is 3. The van der Waals surface area contributed by atoms with Gasteiger partial charge in [-0.1, -0.05) is 12.1 Å². The van der Waals surface area contributed by atoms with Gasteiger partial charge < -0.3 is 41.8 Å². The molecule has 0 aliphatic rings. The van der Waals surface area contributed by atoms with E-state index >= 15 is 0 Å². The molecule has 40 heavy (non-hydrogen) atoms. The smallest absolute Gasteiger partial charge is 0.326 e. The van der Waals surface area contributed by atoms with Crippen LogP contribution in [0.2, 0.25) is 0 Å². The zero-order valence-corrected chi connectivity index (χ0v) is 20.7. The normalized spacial score (nSPS) is 11.1. The lowest BCUT2D eigenvalue weighted by molar-refractivity contribution is -0.140. The number of para-hydroxylation sites is 2. The van der Waals surface area contributed by atoms with E-state index in [-0.39, 0.29) is 53.6 Å². The van der Waals surface area contributed by atoms with Gasteiger partial charge in [-0.25, -0.2) is 14.8 Å². The zero-order chi connectivity index (χ0) is 29.2. The predicted molar refractivity (Wildman–Crippen MR) is 142 cm³/mol. The molecule has 0 radical (unpaired) electrons. The molecule has 0 fully saturated rings. The highest BCUT2D eigenvalue weighted by Gasteiger charge is 2.21. The Morgan fingerprint density at radius 1 is 0.975 bits per heavy atom. The summed E-state index contributed by atoms with van der Waals surface area (Å²) in [5, 5.41) is 40.5. The Labute approximate surface area is 225 Å². The van der Waals surface area contributed by atoms with Crippen LogP contribution < -0.4 is 21.9 Å². The summed E-state index contributed by atoms with van der Waals surface area (Å²) in [4.78, 5) is 60.5. The van der Waals surface area contributed by atoms with Crippen LogP contribution in [0.5, 0.6) is 11.5 Å².